The maximum Gasteiger partial charge on any atom is 0.407 e. The third-order valence-corrected chi connectivity index (χ3v) is 4.90. The summed E-state index contributed by atoms with van der Waals surface area (Å²) in [6, 6.07) is 3.95. The molecule has 1 aliphatic heterocycles. The molecule has 2 unspecified atom stereocenters. The van der Waals surface area contributed by atoms with E-state index in [1.165, 1.54) is 0 Å². The number of carbonyl (C=O) groups excluding carboxylic acids is 1. The Bertz CT molecular complexity index is 695. The van der Waals surface area contributed by atoms with Gasteiger partial charge >= 0.3 is 6.09 Å². The van der Waals surface area contributed by atoms with Crippen LogP contribution in [-0.4, -0.2) is 33.0 Å². The quantitative estimate of drug-likeness (QED) is 0.925. The van der Waals surface area contributed by atoms with Crippen LogP contribution in [0.1, 0.15) is 32.6 Å². The first-order valence-electron chi connectivity index (χ1n) is 7.81. The van der Waals surface area contributed by atoms with Gasteiger partial charge < -0.3 is 10.1 Å². The van der Waals surface area contributed by atoms with Gasteiger partial charge in [0.2, 0.25) is 0 Å². The number of hydrogen-bond donors (Lipinski definition) is 1. The Morgan fingerprint density at radius 1 is 1.45 bits per heavy atom. The van der Waals surface area contributed by atoms with E-state index in [4.69, 9.17) is 4.74 Å². The summed E-state index contributed by atoms with van der Waals surface area (Å²) in [7, 11) is 0. The van der Waals surface area contributed by atoms with Crippen molar-refractivity contribution in [1.82, 2.24) is 20.1 Å². The Kier molecular flexibility index (Phi) is 2.89. The minimum atomic E-state index is -0.324. The summed E-state index contributed by atoms with van der Waals surface area (Å²) in [5.74, 6) is 0. The van der Waals surface area contributed by atoms with Gasteiger partial charge in [0, 0.05) is 24.3 Å². The number of fused-ring (bicyclic) bond motifs is 1. The molecule has 2 aliphatic rings. The van der Waals surface area contributed by atoms with Crippen LogP contribution in [0.25, 0.3) is 11.0 Å². The standard InChI is InChI=1S/C16H20N4O2/c1-15(5-3-6-16(9-15)10-18-14(21)22-16)11-20-8-12-4-2-7-17-13(12)19-20/h2,4,7-8H,3,5-6,9-11H2,1H3,(H,18,21). The third-order valence-electron chi connectivity index (χ3n) is 4.90. The van der Waals surface area contributed by atoms with E-state index in [2.05, 4.69) is 22.3 Å². The summed E-state index contributed by atoms with van der Waals surface area (Å²) in [6.07, 6.45) is 7.56. The molecule has 1 saturated heterocycles. The fourth-order valence-electron chi connectivity index (χ4n) is 4.04. The molecule has 116 valence electrons. The molecule has 22 heavy (non-hydrogen) atoms. The van der Waals surface area contributed by atoms with Crippen LogP contribution in [0.5, 0.6) is 0 Å². The lowest BCUT2D eigenvalue weighted by Crippen LogP contribution is -2.44. The van der Waals surface area contributed by atoms with Gasteiger partial charge in [-0.05, 0) is 43.2 Å². The van der Waals surface area contributed by atoms with Gasteiger partial charge in [0.05, 0.1) is 6.54 Å². The van der Waals surface area contributed by atoms with E-state index < -0.39 is 0 Å². The first-order chi connectivity index (χ1) is 10.6. The second kappa shape index (κ2) is 4.69. The molecule has 2 fully saturated rings. The fourth-order valence-corrected chi connectivity index (χ4v) is 4.04. The highest BCUT2D eigenvalue weighted by molar-refractivity contribution is 5.73. The normalized spacial score (nSPS) is 31.4. The number of alkyl carbamates (subject to hydrolysis) is 1. The first kappa shape index (κ1) is 13.5. The molecule has 1 spiro atoms. The highest BCUT2D eigenvalue weighted by atomic mass is 16.6. The predicted octanol–water partition coefficient (Wildman–Crippen LogP) is 2.49. The molecule has 1 N–H and O–H groups in total. The zero-order valence-corrected chi connectivity index (χ0v) is 12.7. The van der Waals surface area contributed by atoms with Crippen molar-refractivity contribution in [3.05, 3.63) is 24.5 Å². The van der Waals surface area contributed by atoms with Crippen molar-refractivity contribution in [3.63, 3.8) is 0 Å². The number of hydrogen-bond acceptors (Lipinski definition) is 4. The maximum absolute atomic E-state index is 11.4. The summed E-state index contributed by atoms with van der Waals surface area (Å²) in [5, 5.41) is 8.43. The molecule has 0 bridgehead atoms. The van der Waals surface area contributed by atoms with Gasteiger partial charge in [0.1, 0.15) is 5.60 Å². The molecule has 0 aromatic carbocycles. The van der Waals surface area contributed by atoms with E-state index in [9.17, 15) is 4.79 Å². The molecule has 1 amide bonds. The van der Waals surface area contributed by atoms with Crippen LogP contribution in [0, 0.1) is 5.41 Å². The van der Waals surface area contributed by atoms with Crippen molar-refractivity contribution in [2.24, 2.45) is 5.41 Å². The molecular weight excluding hydrogens is 280 g/mol. The van der Waals surface area contributed by atoms with Crippen LogP contribution >= 0.6 is 0 Å². The van der Waals surface area contributed by atoms with Crippen molar-refractivity contribution < 1.29 is 9.53 Å². The van der Waals surface area contributed by atoms with Gasteiger partial charge in [-0.25, -0.2) is 9.78 Å². The zero-order chi connectivity index (χ0) is 15.2. The van der Waals surface area contributed by atoms with Crippen molar-refractivity contribution in [3.8, 4) is 0 Å². The molecule has 3 heterocycles. The lowest BCUT2D eigenvalue weighted by Gasteiger charge is -2.42. The van der Waals surface area contributed by atoms with Crippen molar-refractivity contribution in [2.45, 2.75) is 44.8 Å². The summed E-state index contributed by atoms with van der Waals surface area (Å²) in [5.41, 5.74) is 0.534. The monoisotopic (exact) mass is 300 g/mol. The van der Waals surface area contributed by atoms with Crippen molar-refractivity contribution >= 4 is 17.1 Å². The van der Waals surface area contributed by atoms with Gasteiger partial charge in [0.25, 0.3) is 0 Å². The molecule has 6 nitrogen and oxygen atoms in total. The van der Waals surface area contributed by atoms with Gasteiger partial charge in [-0.2, -0.15) is 5.10 Å². The molecule has 1 aliphatic carbocycles. The average molecular weight is 300 g/mol. The van der Waals surface area contributed by atoms with Crippen LogP contribution in [0.2, 0.25) is 0 Å². The SMILES string of the molecule is CC1(Cn2cc3cccnc3n2)CCCC2(CNC(=O)O2)C1. The van der Waals surface area contributed by atoms with Crippen LogP contribution in [-0.2, 0) is 11.3 Å². The predicted molar refractivity (Wildman–Crippen MR) is 81.3 cm³/mol. The summed E-state index contributed by atoms with van der Waals surface area (Å²) < 4.78 is 7.58. The summed E-state index contributed by atoms with van der Waals surface area (Å²) in [4.78, 5) is 15.7. The van der Waals surface area contributed by atoms with E-state index in [1.54, 1.807) is 6.20 Å². The first-order valence-corrected chi connectivity index (χ1v) is 7.81. The molecular formula is C16H20N4O2. The average Bonchev–Trinajstić information content (AvgIpc) is 3.01. The van der Waals surface area contributed by atoms with Crippen molar-refractivity contribution in [1.29, 1.82) is 0 Å². The minimum Gasteiger partial charge on any atom is -0.441 e. The largest absolute Gasteiger partial charge is 0.441 e. The van der Waals surface area contributed by atoms with Crippen LogP contribution in [0.15, 0.2) is 24.5 Å². The number of rotatable bonds is 2. The van der Waals surface area contributed by atoms with E-state index in [0.717, 1.165) is 43.3 Å². The Balaban J connectivity index is 1.56. The second-order valence-corrected chi connectivity index (χ2v) is 7.01. The van der Waals surface area contributed by atoms with Gasteiger partial charge in [-0.3, -0.25) is 4.68 Å². The van der Waals surface area contributed by atoms with E-state index >= 15 is 0 Å². The molecule has 6 heteroatoms. The minimum absolute atomic E-state index is 0.0760. The lowest BCUT2D eigenvalue weighted by atomic mass is 9.68. The molecule has 2 aromatic heterocycles. The Labute approximate surface area is 128 Å². The maximum atomic E-state index is 11.4. The third kappa shape index (κ3) is 2.32. The molecule has 1 saturated carbocycles. The number of amides is 1. The Morgan fingerprint density at radius 2 is 2.36 bits per heavy atom. The number of nitrogens with zero attached hydrogens (tertiary/aromatic N) is 3. The van der Waals surface area contributed by atoms with Gasteiger partial charge in [0.15, 0.2) is 5.65 Å². The van der Waals surface area contributed by atoms with Crippen LogP contribution in [0.3, 0.4) is 0 Å². The molecule has 0 radical (unpaired) electrons. The number of aromatic nitrogens is 3. The Hall–Kier alpha value is -2.11. The number of carbonyl (C=O) groups is 1. The number of nitrogens with one attached hydrogen (secondary N) is 1. The second-order valence-electron chi connectivity index (χ2n) is 7.01. The van der Waals surface area contributed by atoms with Crippen LogP contribution in [0.4, 0.5) is 4.79 Å². The topological polar surface area (TPSA) is 69.0 Å². The summed E-state index contributed by atoms with van der Waals surface area (Å²) >= 11 is 0. The van der Waals surface area contributed by atoms with Crippen LogP contribution < -0.4 is 5.32 Å². The molecule has 4 rings (SSSR count). The van der Waals surface area contributed by atoms with Gasteiger partial charge in [-0.1, -0.05) is 6.92 Å². The highest BCUT2D eigenvalue weighted by Gasteiger charge is 2.48. The number of pyridine rings is 1. The fraction of sp³-hybridized carbons (Fsp3) is 0.562. The molecule has 2 aromatic rings. The lowest BCUT2D eigenvalue weighted by molar-refractivity contribution is -0.0278. The van der Waals surface area contributed by atoms with E-state index in [0.29, 0.717) is 6.54 Å². The molecule has 2 atom stereocenters. The Morgan fingerprint density at radius 3 is 3.14 bits per heavy atom. The van der Waals surface area contributed by atoms with Gasteiger partial charge in [-0.15, -0.1) is 0 Å². The van der Waals surface area contributed by atoms with E-state index in [-0.39, 0.29) is 17.1 Å². The van der Waals surface area contributed by atoms with Crippen molar-refractivity contribution in [2.75, 3.05) is 6.54 Å². The smallest absolute Gasteiger partial charge is 0.407 e. The highest BCUT2D eigenvalue weighted by Crippen LogP contribution is 2.45. The zero-order valence-electron chi connectivity index (χ0n) is 12.7. The number of ether oxygens (including phenoxy) is 1. The van der Waals surface area contributed by atoms with E-state index in [1.807, 2.05) is 23.0 Å². The summed E-state index contributed by atoms with van der Waals surface area (Å²) in [6.45, 7) is 3.71.